The molecule has 10 heteroatoms. The largest absolute Gasteiger partial charge is 0.573 e. The molecule has 3 rings (SSSR count). The molecule has 1 aliphatic heterocycles. The molecular weight excluding hydrogens is 391 g/mol. The van der Waals surface area contributed by atoms with Gasteiger partial charge in [0.25, 0.3) is 0 Å². The number of rotatable bonds is 4. The lowest BCUT2D eigenvalue weighted by Gasteiger charge is -2.24. The number of alkyl halides is 3. The van der Waals surface area contributed by atoms with Crippen molar-refractivity contribution in [3.63, 3.8) is 0 Å². The van der Waals surface area contributed by atoms with E-state index in [-0.39, 0.29) is 30.0 Å². The van der Waals surface area contributed by atoms with Crippen molar-refractivity contribution in [3.05, 3.63) is 36.0 Å². The number of hydrogen-bond acceptors (Lipinski definition) is 5. The summed E-state index contributed by atoms with van der Waals surface area (Å²) in [6.07, 6.45) is -4.40. The Kier molecular flexibility index (Phi) is 5.29. The Morgan fingerprint density at radius 1 is 1.24 bits per heavy atom. The molecule has 156 valence electrons. The Labute approximate surface area is 164 Å². The van der Waals surface area contributed by atoms with E-state index in [1.54, 1.807) is 6.07 Å². The average Bonchev–Trinajstić information content (AvgIpc) is 3.21. The molecule has 1 aliphatic rings. The summed E-state index contributed by atoms with van der Waals surface area (Å²) in [6.45, 7) is 5.83. The van der Waals surface area contributed by atoms with E-state index in [4.69, 9.17) is 4.52 Å². The highest BCUT2D eigenvalue weighted by Gasteiger charge is 2.38. The summed E-state index contributed by atoms with van der Waals surface area (Å²) in [4.78, 5) is 26.2. The van der Waals surface area contributed by atoms with E-state index >= 15 is 0 Å². The predicted octanol–water partition coefficient (Wildman–Crippen LogP) is 4.00. The molecule has 1 N–H and O–H groups in total. The monoisotopic (exact) mass is 411 g/mol. The molecule has 1 aromatic heterocycles. The van der Waals surface area contributed by atoms with Crippen LogP contribution in [-0.4, -0.2) is 29.4 Å². The van der Waals surface area contributed by atoms with Gasteiger partial charge in [-0.3, -0.25) is 19.8 Å². The zero-order valence-corrected chi connectivity index (χ0v) is 16.0. The van der Waals surface area contributed by atoms with Gasteiger partial charge in [-0.2, -0.15) is 0 Å². The first-order chi connectivity index (χ1) is 13.4. The Hall–Kier alpha value is -3.04. The van der Waals surface area contributed by atoms with Crippen LogP contribution < -0.4 is 15.0 Å². The average molecular weight is 411 g/mol. The first-order valence-corrected chi connectivity index (χ1v) is 8.90. The fraction of sp³-hybridized carbons (Fsp3) is 0.421. The summed E-state index contributed by atoms with van der Waals surface area (Å²) >= 11 is 0. The molecule has 29 heavy (non-hydrogen) atoms. The third-order valence-electron chi connectivity index (χ3n) is 4.39. The zero-order valence-electron chi connectivity index (χ0n) is 16.0. The number of amides is 2. The Morgan fingerprint density at radius 3 is 2.45 bits per heavy atom. The van der Waals surface area contributed by atoms with E-state index in [2.05, 4.69) is 15.2 Å². The Balaban J connectivity index is 1.74. The molecule has 2 amide bonds. The van der Waals surface area contributed by atoms with Crippen LogP contribution >= 0.6 is 0 Å². The number of aromatic nitrogens is 1. The lowest BCUT2D eigenvalue weighted by Crippen LogP contribution is -2.41. The molecule has 2 heterocycles. The van der Waals surface area contributed by atoms with E-state index in [0.29, 0.717) is 11.4 Å². The van der Waals surface area contributed by atoms with Gasteiger partial charge in [-0.1, -0.05) is 25.9 Å². The van der Waals surface area contributed by atoms with Crippen molar-refractivity contribution in [3.8, 4) is 5.75 Å². The first kappa shape index (κ1) is 20.7. The molecule has 0 radical (unpaired) electrons. The van der Waals surface area contributed by atoms with Crippen LogP contribution in [0, 0.1) is 0 Å². The van der Waals surface area contributed by atoms with Gasteiger partial charge < -0.3 is 9.26 Å². The SMILES string of the molecule is CC(C)(C)c1cc(NC(=O)[C@@H]2CCC(=O)N2c2ccc(OC(F)(F)F)cc2)on1. The van der Waals surface area contributed by atoms with E-state index in [1.165, 1.54) is 17.0 Å². The molecule has 1 aromatic carbocycles. The molecule has 1 atom stereocenters. The summed E-state index contributed by atoms with van der Waals surface area (Å²) < 4.78 is 45.9. The van der Waals surface area contributed by atoms with Crippen molar-refractivity contribution >= 4 is 23.4 Å². The second-order valence-corrected chi connectivity index (χ2v) is 7.68. The maximum absolute atomic E-state index is 12.7. The molecule has 0 saturated carbocycles. The zero-order chi connectivity index (χ0) is 21.4. The number of nitrogens with one attached hydrogen (secondary N) is 1. The second-order valence-electron chi connectivity index (χ2n) is 7.68. The summed E-state index contributed by atoms with van der Waals surface area (Å²) in [5.74, 6) is -1.02. The Bertz CT molecular complexity index is 901. The van der Waals surface area contributed by atoms with Crippen molar-refractivity contribution in [2.24, 2.45) is 0 Å². The number of halogens is 3. The minimum Gasteiger partial charge on any atom is -0.406 e. The van der Waals surface area contributed by atoms with Crippen LogP contribution in [0.2, 0.25) is 0 Å². The fourth-order valence-electron chi connectivity index (χ4n) is 2.96. The van der Waals surface area contributed by atoms with Gasteiger partial charge in [0.15, 0.2) is 0 Å². The van der Waals surface area contributed by atoms with Gasteiger partial charge in [0.2, 0.25) is 17.7 Å². The molecule has 2 aromatic rings. The highest BCUT2D eigenvalue weighted by Crippen LogP contribution is 2.31. The number of benzene rings is 1. The van der Waals surface area contributed by atoms with Crippen LogP contribution in [0.15, 0.2) is 34.9 Å². The van der Waals surface area contributed by atoms with Gasteiger partial charge in [0, 0.05) is 23.6 Å². The maximum Gasteiger partial charge on any atom is 0.573 e. The summed E-state index contributed by atoms with van der Waals surface area (Å²) in [7, 11) is 0. The van der Waals surface area contributed by atoms with E-state index in [0.717, 1.165) is 12.1 Å². The van der Waals surface area contributed by atoms with Crippen molar-refractivity contribution in [2.45, 2.75) is 51.4 Å². The maximum atomic E-state index is 12.7. The number of carbonyl (C=O) groups excluding carboxylic acids is 2. The molecule has 0 unspecified atom stereocenters. The quantitative estimate of drug-likeness (QED) is 0.822. The lowest BCUT2D eigenvalue weighted by atomic mass is 9.92. The van der Waals surface area contributed by atoms with Gasteiger partial charge in [0.1, 0.15) is 11.8 Å². The molecule has 0 bridgehead atoms. The van der Waals surface area contributed by atoms with Crippen LogP contribution in [0.25, 0.3) is 0 Å². The molecule has 7 nitrogen and oxygen atoms in total. The normalized spacial score (nSPS) is 17.5. The molecule has 0 aliphatic carbocycles. The smallest absolute Gasteiger partial charge is 0.406 e. The van der Waals surface area contributed by atoms with Crippen molar-refractivity contribution < 1.29 is 32.0 Å². The van der Waals surface area contributed by atoms with Gasteiger partial charge in [-0.05, 0) is 30.7 Å². The van der Waals surface area contributed by atoms with Gasteiger partial charge in [0.05, 0.1) is 5.69 Å². The number of nitrogens with zero attached hydrogens (tertiary/aromatic N) is 2. The highest BCUT2D eigenvalue weighted by molar-refractivity contribution is 6.07. The minimum absolute atomic E-state index is 0.141. The second kappa shape index (κ2) is 7.41. The lowest BCUT2D eigenvalue weighted by molar-refractivity contribution is -0.274. The van der Waals surface area contributed by atoms with Crippen molar-refractivity contribution in [1.82, 2.24) is 5.16 Å². The molecule has 1 fully saturated rings. The number of carbonyl (C=O) groups is 2. The summed E-state index contributed by atoms with van der Waals surface area (Å²) in [5, 5.41) is 6.53. The standard InChI is InChI=1S/C19H20F3N3O4/c1-18(2,3)14-10-15(29-24-14)23-17(27)13-8-9-16(26)25(13)11-4-6-12(7-5-11)28-19(20,21)22/h4-7,10,13H,8-9H2,1-3H3,(H,23,27)/t13-/m0/s1. The van der Waals surface area contributed by atoms with Crippen LogP contribution in [0.4, 0.5) is 24.7 Å². The highest BCUT2D eigenvalue weighted by atomic mass is 19.4. The predicted molar refractivity (Wildman–Crippen MR) is 97.5 cm³/mol. The van der Waals surface area contributed by atoms with Crippen LogP contribution in [0.5, 0.6) is 5.75 Å². The first-order valence-electron chi connectivity index (χ1n) is 8.90. The number of anilines is 2. The Morgan fingerprint density at radius 2 is 1.90 bits per heavy atom. The minimum atomic E-state index is -4.81. The van der Waals surface area contributed by atoms with Crippen LogP contribution in [0.3, 0.4) is 0 Å². The van der Waals surface area contributed by atoms with Crippen molar-refractivity contribution in [1.29, 1.82) is 0 Å². The topological polar surface area (TPSA) is 84.7 Å². The van der Waals surface area contributed by atoms with Gasteiger partial charge in [-0.25, -0.2) is 0 Å². The molecule has 0 spiro atoms. The van der Waals surface area contributed by atoms with Crippen LogP contribution in [-0.2, 0) is 15.0 Å². The van der Waals surface area contributed by atoms with E-state index in [1.807, 2.05) is 20.8 Å². The summed E-state index contributed by atoms with van der Waals surface area (Å²) in [5.41, 5.74) is 0.699. The van der Waals surface area contributed by atoms with Crippen LogP contribution in [0.1, 0.15) is 39.3 Å². The third-order valence-corrected chi connectivity index (χ3v) is 4.39. The molecule has 1 saturated heterocycles. The number of ether oxygens (including phenoxy) is 1. The van der Waals surface area contributed by atoms with Gasteiger partial charge in [-0.15, -0.1) is 13.2 Å². The third kappa shape index (κ3) is 4.87. The van der Waals surface area contributed by atoms with E-state index in [9.17, 15) is 22.8 Å². The van der Waals surface area contributed by atoms with E-state index < -0.39 is 24.1 Å². The van der Waals surface area contributed by atoms with Gasteiger partial charge >= 0.3 is 6.36 Å². The van der Waals surface area contributed by atoms with Crippen molar-refractivity contribution in [2.75, 3.05) is 10.2 Å². The fourth-order valence-corrected chi connectivity index (χ4v) is 2.96. The summed E-state index contributed by atoms with van der Waals surface area (Å²) in [6, 6.07) is 5.58. The number of hydrogen-bond donors (Lipinski definition) is 1. The molecular formula is C19H20F3N3O4.